The van der Waals surface area contributed by atoms with E-state index < -0.39 is 0 Å². The molecule has 0 spiro atoms. The normalized spacial score (nSPS) is 35.2. The van der Waals surface area contributed by atoms with Crippen LogP contribution < -0.4 is 5.73 Å². The third-order valence-electron chi connectivity index (χ3n) is 4.53. The predicted molar refractivity (Wildman–Crippen MR) is 64.7 cm³/mol. The fraction of sp³-hybridized carbons (Fsp3) is 1.00. The average Bonchev–Trinajstić information content (AvgIpc) is 2.12. The summed E-state index contributed by atoms with van der Waals surface area (Å²) in [4.78, 5) is 2.48. The van der Waals surface area contributed by atoms with Gasteiger partial charge in [0.05, 0.1) is 0 Å². The molecule has 2 saturated carbocycles. The van der Waals surface area contributed by atoms with Gasteiger partial charge in [-0.05, 0) is 64.5 Å². The fourth-order valence-electron chi connectivity index (χ4n) is 3.50. The molecule has 2 nitrogen and oxygen atoms in total. The van der Waals surface area contributed by atoms with Crippen LogP contribution in [0.4, 0.5) is 0 Å². The molecule has 0 heterocycles. The number of hydrogen-bond donors (Lipinski definition) is 1. The van der Waals surface area contributed by atoms with Crippen molar-refractivity contribution in [3.05, 3.63) is 0 Å². The molecule has 2 fully saturated rings. The summed E-state index contributed by atoms with van der Waals surface area (Å²) in [5.74, 6) is 1.91. The lowest BCUT2D eigenvalue weighted by atomic mass is 9.70. The standard InChI is InChI=1S/C13H26N2/c1-15(2)13(10-4-3-5-10)11-6-8-12(14)9-7-11/h10-13H,3-9,14H2,1-2H3. The Morgan fingerprint density at radius 1 is 0.933 bits per heavy atom. The van der Waals surface area contributed by atoms with Gasteiger partial charge in [0.2, 0.25) is 0 Å². The highest BCUT2D eigenvalue weighted by Gasteiger charge is 2.35. The van der Waals surface area contributed by atoms with E-state index in [0.717, 1.165) is 17.9 Å². The Morgan fingerprint density at radius 3 is 1.87 bits per heavy atom. The molecule has 0 saturated heterocycles. The van der Waals surface area contributed by atoms with E-state index in [-0.39, 0.29) is 0 Å². The van der Waals surface area contributed by atoms with Crippen LogP contribution >= 0.6 is 0 Å². The van der Waals surface area contributed by atoms with Crippen LogP contribution in [0.5, 0.6) is 0 Å². The molecule has 0 aliphatic heterocycles. The van der Waals surface area contributed by atoms with Crippen LogP contribution in [0.3, 0.4) is 0 Å². The van der Waals surface area contributed by atoms with Crippen molar-refractivity contribution in [3.63, 3.8) is 0 Å². The van der Waals surface area contributed by atoms with Gasteiger partial charge in [0.1, 0.15) is 0 Å². The first-order valence-corrected chi connectivity index (χ1v) is 6.60. The van der Waals surface area contributed by atoms with Gasteiger partial charge >= 0.3 is 0 Å². The Kier molecular flexibility index (Phi) is 3.68. The Labute approximate surface area is 94.2 Å². The van der Waals surface area contributed by atoms with Crippen molar-refractivity contribution in [2.75, 3.05) is 14.1 Å². The molecule has 0 aromatic carbocycles. The van der Waals surface area contributed by atoms with Gasteiger partial charge < -0.3 is 10.6 Å². The smallest absolute Gasteiger partial charge is 0.0146 e. The van der Waals surface area contributed by atoms with E-state index in [1.165, 1.54) is 44.9 Å². The SMILES string of the molecule is CN(C)C(C1CCC1)C1CCC(N)CC1. The van der Waals surface area contributed by atoms with E-state index in [4.69, 9.17) is 5.73 Å². The van der Waals surface area contributed by atoms with Gasteiger partial charge in [-0.2, -0.15) is 0 Å². The Balaban J connectivity index is 1.92. The summed E-state index contributed by atoms with van der Waals surface area (Å²) < 4.78 is 0. The van der Waals surface area contributed by atoms with E-state index in [2.05, 4.69) is 19.0 Å². The van der Waals surface area contributed by atoms with E-state index in [0.29, 0.717) is 6.04 Å². The van der Waals surface area contributed by atoms with Gasteiger partial charge in [0, 0.05) is 12.1 Å². The highest BCUT2D eigenvalue weighted by molar-refractivity contribution is 4.90. The van der Waals surface area contributed by atoms with Gasteiger partial charge in [-0.15, -0.1) is 0 Å². The first kappa shape index (κ1) is 11.4. The molecule has 2 rings (SSSR count). The second-order valence-electron chi connectivity index (χ2n) is 5.82. The summed E-state index contributed by atoms with van der Waals surface area (Å²) in [7, 11) is 4.52. The molecule has 1 atom stereocenters. The van der Waals surface area contributed by atoms with Crippen molar-refractivity contribution in [3.8, 4) is 0 Å². The second kappa shape index (κ2) is 4.84. The molecule has 15 heavy (non-hydrogen) atoms. The molecule has 2 aliphatic carbocycles. The van der Waals surface area contributed by atoms with Gasteiger partial charge in [-0.1, -0.05) is 6.42 Å². The fourth-order valence-corrected chi connectivity index (χ4v) is 3.50. The van der Waals surface area contributed by atoms with E-state index >= 15 is 0 Å². The van der Waals surface area contributed by atoms with Crippen LogP contribution in [0.25, 0.3) is 0 Å². The van der Waals surface area contributed by atoms with Crippen molar-refractivity contribution in [2.24, 2.45) is 17.6 Å². The zero-order chi connectivity index (χ0) is 10.8. The van der Waals surface area contributed by atoms with Crippen LogP contribution in [-0.4, -0.2) is 31.1 Å². The quantitative estimate of drug-likeness (QED) is 0.774. The summed E-state index contributed by atoms with van der Waals surface area (Å²) in [5, 5.41) is 0. The van der Waals surface area contributed by atoms with Gasteiger partial charge in [0.15, 0.2) is 0 Å². The molecule has 0 amide bonds. The minimum Gasteiger partial charge on any atom is -0.328 e. The largest absolute Gasteiger partial charge is 0.328 e. The number of hydrogen-bond acceptors (Lipinski definition) is 2. The number of nitrogens with zero attached hydrogens (tertiary/aromatic N) is 1. The number of rotatable bonds is 3. The van der Waals surface area contributed by atoms with Crippen LogP contribution in [0, 0.1) is 11.8 Å². The van der Waals surface area contributed by atoms with Crippen LogP contribution in [0.2, 0.25) is 0 Å². The zero-order valence-corrected chi connectivity index (χ0v) is 10.3. The van der Waals surface area contributed by atoms with Gasteiger partial charge in [-0.25, -0.2) is 0 Å². The van der Waals surface area contributed by atoms with Crippen molar-refractivity contribution in [1.29, 1.82) is 0 Å². The summed E-state index contributed by atoms with van der Waals surface area (Å²) in [5.41, 5.74) is 5.98. The summed E-state index contributed by atoms with van der Waals surface area (Å²) >= 11 is 0. The lowest BCUT2D eigenvalue weighted by molar-refractivity contribution is 0.0684. The molecular weight excluding hydrogens is 184 g/mol. The first-order valence-electron chi connectivity index (χ1n) is 6.60. The minimum atomic E-state index is 0.491. The Hall–Kier alpha value is -0.0800. The van der Waals surface area contributed by atoms with Crippen molar-refractivity contribution < 1.29 is 0 Å². The molecule has 2 N–H and O–H groups in total. The predicted octanol–water partition coefficient (Wildman–Crippen LogP) is 2.23. The molecule has 0 bridgehead atoms. The average molecular weight is 210 g/mol. The monoisotopic (exact) mass is 210 g/mol. The van der Waals surface area contributed by atoms with Crippen LogP contribution in [-0.2, 0) is 0 Å². The third-order valence-corrected chi connectivity index (χ3v) is 4.53. The summed E-state index contributed by atoms with van der Waals surface area (Å²) in [6.45, 7) is 0. The zero-order valence-electron chi connectivity index (χ0n) is 10.3. The number of nitrogens with two attached hydrogens (primary N) is 1. The molecule has 88 valence electrons. The summed E-state index contributed by atoms with van der Waals surface area (Å²) in [6, 6.07) is 1.33. The summed E-state index contributed by atoms with van der Waals surface area (Å²) in [6.07, 6.45) is 9.61. The molecule has 2 heteroatoms. The van der Waals surface area contributed by atoms with Crippen molar-refractivity contribution in [1.82, 2.24) is 4.90 Å². The minimum absolute atomic E-state index is 0.491. The topological polar surface area (TPSA) is 29.3 Å². The molecule has 2 aliphatic rings. The van der Waals surface area contributed by atoms with Gasteiger partial charge in [-0.3, -0.25) is 0 Å². The maximum Gasteiger partial charge on any atom is 0.0146 e. The maximum absolute atomic E-state index is 5.98. The van der Waals surface area contributed by atoms with Gasteiger partial charge in [0.25, 0.3) is 0 Å². The van der Waals surface area contributed by atoms with E-state index in [1.54, 1.807) is 0 Å². The van der Waals surface area contributed by atoms with Crippen molar-refractivity contribution >= 4 is 0 Å². The van der Waals surface area contributed by atoms with Crippen LogP contribution in [0.1, 0.15) is 44.9 Å². The first-order chi connectivity index (χ1) is 7.18. The highest BCUT2D eigenvalue weighted by atomic mass is 15.1. The second-order valence-corrected chi connectivity index (χ2v) is 5.82. The Morgan fingerprint density at radius 2 is 1.47 bits per heavy atom. The Bertz CT molecular complexity index is 191. The van der Waals surface area contributed by atoms with Crippen molar-refractivity contribution in [2.45, 2.75) is 57.0 Å². The third kappa shape index (κ3) is 2.54. The lowest BCUT2D eigenvalue weighted by Gasteiger charge is -2.44. The van der Waals surface area contributed by atoms with E-state index in [9.17, 15) is 0 Å². The molecule has 0 radical (unpaired) electrons. The molecular formula is C13H26N2. The molecule has 0 aromatic heterocycles. The van der Waals surface area contributed by atoms with Crippen LogP contribution in [0.15, 0.2) is 0 Å². The lowest BCUT2D eigenvalue weighted by Crippen LogP contribution is -2.46. The van der Waals surface area contributed by atoms with E-state index in [1.807, 2.05) is 0 Å². The molecule has 1 unspecified atom stereocenters. The maximum atomic E-state index is 5.98. The molecule has 0 aromatic rings. The highest BCUT2D eigenvalue weighted by Crippen LogP contribution is 2.39.